The largest absolute Gasteiger partial charge is 0.355 e. The van der Waals surface area contributed by atoms with E-state index in [1.807, 2.05) is 51.2 Å². The Balaban J connectivity index is 1.74. The molecule has 2 aromatic rings. The summed E-state index contributed by atoms with van der Waals surface area (Å²) in [7, 11) is 6.00. The van der Waals surface area contributed by atoms with Crippen molar-refractivity contribution in [2.75, 3.05) is 48.9 Å². The first-order valence-corrected chi connectivity index (χ1v) is 8.24. The molecule has 1 aliphatic heterocycles. The van der Waals surface area contributed by atoms with E-state index in [0.29, 0.717) is 6.04 Å². The molecule has 24 heavy (non-hydrogen) atoms. The molecule has 7 heteroatoms. The molecule has 0 spiro atoms. The molecule has 1 saturated heterocycles. The van der Waals surface area contributed by atoms with Crippen LogP contribution in [-0.4, -0.2) is 60.2 Å². The fourth-order valence-corrected chi connectivity index (χ4v) is 3.03. The minimum atomic E-state index is 0.388. The molecule has 1 aliphatic rings. The monoisotopic (exact) mass is 327 g/mol. The Morgan fingerprint density at radius 1 is 1.08 bits per heavy atom. The van der Waals surface area contributed by atoms with Gasteiger partial charge in [-0.2, -0.15) is 4.98 Å². The quantitative estimate of drug-likeness (QED) is 0.846. The summed E-state index contributed by atoms with van der Waals surface area (Å²) >= 11 is 0. The van der Waals surface area contributed by atoms with Gasteiger partial charge in [-0.15, -0.1) is 0 Å². The lowest BCUT2D eigenvalue weighted by atomic mass is 10.2. The van der Waals surface area contributed by atoms with Gasteiger partial charge in [-0.25, -0.2) is 15.0 Å². The van der Waals surface area contributed by atoms with E-state index in [-0.39, 0.29) is 0 Å². The fourth-order valence-electron chi connectivity index (χ4n) is 3.03. The van der Waals surface area contributed by atoms with Gasteiger partial charge in [0.25, 0.3) is 0 Å². The first kappa shape index (κ1) is 16.4. The summed E-state index contributed by atoms with van der Waals surface area (Å²) in [5.41, 5.74) is 2.03. The van der Waals surface area contributed by atoms with Gasteiger partial charge in [-0.05, 0) is 32.4 Å². The van der Waals surface area contributed by atoms with Crippen molar-refractivity contribution in [2.24, 2.45) is 0 Å². The predicted octanol–water partition coefficient (Wildman–Crippen LogP) is 1.66. The molecular weight excluding hydrogens is 302 g/mol. The van der Waals surface area contributed by atoms with Crippen LogP contribution in [0.1, 0.15) is 17.8 Å². The molecule has 3 heterocycles. The Morgan fingerprint density at radius 3 is 2.46 bits per heavy atom. The maximum absolute atomic E-state index is 4.63. The average molecular weight is 327 g/mol. The summed E-state index contributed by atoms with van der Waals surface area (Å²) in [4.78, 5) is 24.5. The third-order valence-electron chi connectivity index (χ3n) is 4.35. The highest BCUT2D eigenvalue weighted by Crippen LogP contribution is 2.23. The van der Waals surface area contributed by atoms with Gasteiger partial charge in [0, 0.05) is 57.9 Å². The number of hydrogen-bond donors (Lipinski definition) is 0. The smallest absolute Gasteiger partial charge is 0.226 e. The molecule has 0 bridgehead atoms. The van der Waals surface area contributed by atoms with E-state index >= 15 is 0 Å². The molecule has 2 aromatic heterocycles. The molecule has 1 fully saturated rings. The number of aryl methyl sites for hydroxylation is 2. The minimum absolute atomic E-state index is 0.388. The Hall–Kier alpha value is -2.44. The van der Waals surface area contributed by atoms with Gasteiger partial charge in [-0.3, -0.25) is 0 Å². The zero-order chi connectivity index (χ0) is 17.3. The van der Waals surface area contributed by atoms with Crippen molar-refractivity contribution in [1.82, 2.24) is 19.9 Å². The summed E-state index contributed by atoms with van der Waals surface area (Å²) in [6.07, 6.45) is 2.88. The van der Waals surface area contributed by atoms with Crippen molar-refractivity contribution in [3.63, 3.8) is 0 Å². The third-order valence-corrected chi connectivity index (χ3v) is 4.35. The molecule has 7 nitrogen and oxygen atoms in total. The Labute approximate surface area is 143 Å². The van der Waals surface area contributed by atoms with Crippen molar-refractivity contribution in [3.05, 3.63) is 29.7 Å². The van der Waals surface area contributed by atoms with Crippen LogP contribution in [0.5, 0.6) is 0 Å². The standard InChI is InChI=1S/C17H25N7/c1-12-10-13(2)20-17(19-12)24-9-7-14(11-24)23(5)15-6-8-18-16(21-15)22(3)4/h6,8,10,14H,7,9,11H2,1-5H3. The minimum Gasteiger partial charge on any atom is -0.355 e. The first-order valence-electron chi connectivity index (χ1n) is 8.24. The summed E-state index contributed by atoms with van der Waals surface area (Å²) < 4.78 is 0. The van der Waals surface area contributed by atoms with Crippen molar-refractivity contribution < 1.29 is 0 Å². The summed E-state index contributed by atoms with van der Waals surface area (Å²) in [5.74, 6) is 2.51. The van der Waals surface area contributed by atoms with Crippen LogP contribution in [0, 0.1) is 13.8 Å². The van der Waals surface area contributed by atoms with Crippen LogP contribution < -0.4 is 14.7 Å². The number of anilines is 3. The third kappa shape index (κ3) is 3.39. The Kier molecular flexibility index (Phi) is 4.51. The second-order valence-electron chi connectivity index (χ2n) is 6.56. The van der Waals surface area contributed by atoms with Crippen molar-refractivity contribution >= 4 is 17.7 Å². The molecule has 3 rings (SSSR count). The van der Waals surface area contributed by atoms with Gasteiger partial charge in [0.15, 0.2) is 0 Å². The second-order valence-corrected chi connectivity index (χ2v) is 6.56. The van der Waals surface area contributed by atoms with E-state index in [0.717, 1.165) is 48.6 Å². The molecule has 0 aromatic carbocycles. The van der Waals surface area contributed by atoms with Gasteiger partial charge in [0.05, 0.1) is 0 Å². The highest BCUT2D eigenvalue weighted by molar-refractivity contribution is 5.45. The average Bonchev–Trinajstić information content (AvgIpc) is 3.03. The zero-order valence-electron chi connectivity index (χ0n) is 15.1. The molecule has 0 amide bonds. The van der Waals surface area contributed by atoms with E-state index < -0.39 is 0 Å². The normalized spacial score (nSPS) is 17.2. The molecule has 1 unspecified atom stereocenters. The lowest BCUT2D eigenvalue weighted by Crippen LogP contribution is -2.35. The van der Waals surface area contributed by atoms with Crippen LogP contribution in [0.3, 0.4) is 0 Å². The lowest BCUT2D eigenvalue weighted by Gasteiger charge is -2.26. The maximum Gasteiger partial charge on any atom is 0.226 e. The predicted molar refractivity (Wildman–Crippen MR) is 96.9 cm³/mol. The highest BCUT2D eigenvalue weighted by Gasteiger charge is 2.28. The van der Waals surface area contributed by atoms with Crippen LogP contribution in [-0.2, 0) is 0 Å². The number of nitrogens with zero attached hydrogens (tertiary/aromatic N) is 7. The Bertz CT molecular complexity index is 696. The van der Waals surface area contributed by atoms with Gasteiger partial charge < -0.3 is 14.7 Å². The zero-order valence-corrected chi connectivity index (χ0v) is 15.1. The number of hydrogen-bond acceptors (Lipinski definition) is 7. The van der Waals surface area contributed by atoms with Crippen LogP contribution in [0.4, 0.5) is 17.7 Å². The fraction of sp³-hybridized carbons (Fsp3) is 0.529. The van der Waals surface area contributed by atoms with E-state index in [4.69, 9.17) is 0 Å². The molecule has 1 atom stereocenters. The van der Waals surface area contributed by atoms with Crippen molar-refractivity contribution in [1.29, 1.82) is 0 Å². The molecular formula is C17H25N7. The summed E-state index contributed by atoms with van der Waals surface area (Å²) in [6, 6.07) is 4.36. The van der Waals surface area contributed by atoms with E-state index in [9.17, 15) is 0 Å². The van der Waals surface area contributed by atoms with Crippen LogP contribution in [0.2, 0.25) is 0 Å². The maximum atomic E-state index is 4.63. The SMILES string of the molecule is Cc1cc(C)nc(N2CCC(N(C)c3ccnc(N(C)C)n3)C2)n1. The topological polar surface area (TPSA) is 61.3 Å². The lowest BCUT2D eigenvalue weighted by molar-refractivity contribution is 0.681. The molecule has 0 N–H and O–H groups in total. The van der Waals surface area contributed by atoms with Crippen molar-refractivity contribution in [3.8, 4) is 0 Å². The number of rotatable bonds is 4. The van der Waals surface area contributed by atoms with E-state index in [1.165, 1.54) is 0 Å². The number of aromatic nitrogens is 4. The molecule has 0 radical (unpaired) electrons. The van der Waals surface area contributed by atoms with Gasteiger partial charge >= 0.3 is 0 Å². The van der Waals surface area contributed by atoms with Crippen molar-refractivity contribution in [2.45, 2.75) is 26.3 Å². The number of likely N-dealkylation sites (N-methyl/N-ethyl adjacent to an activating group) is 1. The summed E-state index contributed by atoms with van der Waals surface area (Å²) in [6.45, 7) is 5.90. The van der Waals surface area contributed by atoms with E-state index in [2.05, 4.69) is 36.8 Å². The molecule has 0 saturated carbocycles. The Morgan fingerprint density at radius 2 is 1.79 bits per heavy atom. The second kappa shape index (κ2) is 6.59. The van der Waals surface area contributed by atoms with E-state index in [1.54, 1.807) is 0 Å². The van der Waals surface area contributed by atoms with Gasteiger partial charge in [0.1, 0.15) is 5.82 Å². The van der Waals surface area contributed by atoms with Crippen LogP contribution in [0.25, 0.3) is 0 Å². The highest BCUT2D eigenvalue weighted by atomic mass is 15.3. The van der Waals surface area contributed by atoms with Gasteiger partial charge in [-0.1, -0.05) is 0 Å². The molecule has 128 valence electrons. The van der Waals surface area contributed by atoms with Crippen LogP contribution in [0.15, 0.2) is 18.3 Å². The first-order chi connectivity index (χ1) is 11.4. The summed E-state index contributed by atoms with van der Waals surface area (Å²) in [5, 5.41) is 0. The van der Waals surface area contributed by atoms with Crippen LogP contribution >= 0.6 is 0 Å². The molecule has 0 aliphatic carbocycles. The van der Waals surface area contributed by atoms with Gasteiger partial charge in [0.2, 0.25) is 11.9 Å².